The monoisotopic (exact) mass is 624 g/mol. The molecule has 3 N–H and O–H groups in total. The number of ether oxygens (including phenoxy) is 2. The Balaban J connectivity index is 0.000000442. The summed E-state index contributed by atoms with van der Waals surface area (Å²) in [6, 6.07) is 26.1. The van der Waals surface area contributed by atoms with Crippen LogP contribution in [0.1, 0.15) is 30.0 Å². The van der Waals surface area contributed by atoms with Crippen LogP contribution in [0.2, 0.25) is 15.1 Å². The number of nitrogens with one attached hydrogen (secondary N) is 2. The maximum atomic E-state index is 13.5. The Morgan fingerprint density at radius 2 is 1.52 bits per heavy atom. The van der Waals surface area contributed by atoms with E-state index in [1.54, 1.807) is 54.6 Å². The summed E-state index contributed by atoms with van der Waals surface area (Å²) in [7, 11) is 0. The molecule has 2 heterocycles. The molecule has 7 nitrogen and oxygen atoms in total. The van der Waals surface area contributed by atoms with Crippen molar-refractivity contribution < 1.29 is 24.2 Å². The smallest absolute Gasteiger partial charge is 0.237 e. The minimum atomic E-state index is -1.04. The van der Waals surface area contributed by atoms with Gasteiger partial charge in [0.05, 0.1) is 12.6 Å². The van der Waals surface area contributed by atoms with E-state index in [-0.39, 0.29) is 31.4 Å². The molecule has 1 spiro atoms. The van der Waals surface area contributed by atoms with Crippen molar-refractivity contribution in [3.8, 4) is 17.2 Å². The Hall–Kier alpha value is -3.75. The van der Waals surface area contributed by atoms with Gasteiger partial charge in [-0.1, -0.05) is 59.1 Å². The summed E-state index contributed by atoms with van der Waals surface area (Å²) < 4.78 is 11.6. The Bertz CT molecular complexity index is 1580. The first-order chi connectivity index (χ1) is 20.3. The predicted octanol–water partition coefficient (Wildman–Crippen LogP) is 7.34. The van der Waals surface area contributed by atoms with E-state index in [9.17, 15) is 9.59 Å². The number of carbonyl (C=O) groups excluding carboxylic acids is 2. The second kappa shape index (κ2) is 13.0. The first kappa shape index (κ1) is 29.7. The molecular weight excluding hydrogens is 599 g/mol. The van der Waals surface area contributed by atoms with Crippen LogP contribution in [0, 0.1) is 0 Å². The first-order valence-electron chi connectivity index (χ1n) is 13.2. The zero-order valence-electron chi connectivity index (χ0n) is 22.3. The van der Waals surface area contributed by atoms with E-state index in [0.29, 0.717) is 45.0 Å². The molecule has 0 saturated carbocycles. The molecular formula is C32H27Cl3N2O5. The summed E-state index contributed by atoms with van der Waals surface area (Å²) in [6.45, 7) is 0.115. The van der Waals surface area contributed by atoms with Crippen LogP contribution in [0.5, 0.6) is 17.2 Å². The standard InChI is InChI=1S/C26H22Cl2N2O5.C6H5Cl/c27-15-2-8-22(35-18-5-3-17(4-6-18)34-12-11-31)19(13-15)24-26(10-9-23(32)30-24)20-7-1-16(28)14-21(20)29-25(26)33;7-6-4-2-1-3-5-6/h1-8,13-14,24,31H,9-12H2,(H,29,33)(H,30,32);1-5H/t24-,26-;/m1./s1. The van der Waals surface area contributed by atoms with Crippen LogP contribution < -0.4 is 20.1 Å². The van der Waals surface area contributed by atoms with Crippen LogP contribution in [0.15, 0.2) is 91.0 Å². The molecule has 1 fully saturated rings. The molecule has 216 valence electrons. The summed E-state index contributed by atoms with van der Waals surface area (Å²) in [5, 5.41) is 16.6. The summed E-state index contributed by atoms with van der Waals surface area (Å²) in [5.74, 6) is 1.21. The van der Waals surface area contributed by atoms with E-state index < -0.39 is 11.5 Å². The molecule has 2 aliphatic heterocycles. The van der Waals surface area contributed by atoms with Crippen LogP contribution in [0.4, 0.5) is 5.69 Å². The maximum Gasteiger partial charge on any atom is 0.237 e. The van der Waals surface area contributed by atoms with Gasteiger partial charge >= 0.3 is 0 Å². The minimum absolute atomic E-state index is 0.0792. The van der Waals surface area contributed by atoms with Crippen molar-refractivity contribution >= 4 is 52.3 Å². The summed E-state index contributed by atoms with van der Waals surface area (Å²) >= 11 is 18.1. The summed E-state index contributed by atoms with van der Waals surface area (Å²) in [6.07, 6.45) is 0.533. The highest BCUT2D eigenvalue weighted by atomic mass is 35.5. The highest BCUT2D eigenvalue weighted by Crippen LogP contribution is 2.53. The molecule has 2 aliphatic rings. The van der Waals surface area contributed by atoms with Gasteiger partial charge in [0.2, 0.25) is 11.8 Å². The van der Waals surface area contributed by atoms with Gasteiger partial charge in [-0.05, 0) is 78.7 Å². The molecule has 4 aromatic carbocycles. The topological polar surface area (TPSA) is 96.9 Å². The SMILES string of the molecule is Clc1ccccc1.O=C1CC[C@]2(C(=O)Nc3cc(Cl)ccc32)[C@@H](c2cc(Cl)ccc2Oc2ccc(OCCO)cc2)N1. The van der Waals surface area contributed by atoms with E-state index in [4.69, 9.17) is 49.4 Å². The molecule has 4 aromatic rings. The highest BCUT2D eigenvalue weighted by molar-refractivity contribution is 6.31. The fourth-order valence-corrected chi connectivity index (χ4v) is 5.70. The molecule has 2 atom stereocenters. The number of carbonyl (C=O) groups is 2. The van der Waals surface area contributed by atoms with Gasteiger partial charge in [-0.2, -0.15) is 0 Å². The zero-order chi connectivity index (χ0) is 29.7. The molecule has 1 saturated heterocycles. The van der Waals surface area contributed by atoms with Gasteiger partial charge in [-0.25, -0.2) is 0 Å². The number of hydrogen-bond acceptors (Lipinski definition) is 5. The summed E-state index contributed by atoms with van der Waals surface area (Å²) in [4.78, 5) is 26.0. The lowest BCUT2D eigenvalue weighted by atomic mass is 9.67. The first-order valence-corrected chi connectivity index (χ1v) is 14.4. The molecule has 0 radical (unpaired) electrons. The van der Waals surface area contributed by atoms with E-state index >= 15 is 0 Å². The van der Waals surface area contributed by atoms with Gasteiger partial charge < -0.3 is 25.2 Å². The Morgan fingerprint density at radius 3 is 2.21 bits per heavy atom. The highest BCUT2D eigenvalue weighted by Gasteiger charge is 2.56. The second-order valence-electron chi connectivity index (χ2n) is 9.74. The van der Waals surface area contributed by atoms with E-state index in [1.165, 1.54) is 0 Å². The van der Waals surface area contributed by atoms with Crippen molar-refractivity contribution in [3.63, 3.8) is 0 Å². The molecule has 0 aromatic heterocycles. The van der Waals surface area contributed by atoms with Crippen molar-refractivity contribution in [1.82, 2.24) is 5.32 Å². The van der Waals surface area contributed by atoms with Gasteiger partial charge in [0.15, 0.2) is 0 Å². The molecule has 0 unspecified atom stereocenters. The second-order valence-corrected chi connectivity index (χ2v) is 11.0. The number of hydrogen-bond donors (Lipinski definition) is 3. The van der Waals surface area contributed by atoms with Gasteiger partial charge in [-0.3, -0.25) is 9.59 Å². The lowest BCUT2D eigenvalue weighted by Crippen LogP contribution is -2.52. The van der Waals surface area contributed by atoms with E-state index in [0.717, 1.165) is 10.6 Å². The Kier molecular flexibility index (Phi) is 9.24. The van der Waals surface area contributed by atoms with Crippen LogP contribution in [-0.4, -0.2) is 30.1 Å². The number of piperidine rings is 1. The fourth-order valence-electron chi connectivity index (χ4n) is 5.20. The number of halogens is 3. The maximum absolute atomic E-state index is 13.5. The average molecular weight is 626 g/mol. The quantitative estimate of drug-likeness (QED) is 0.208. The van der Waals surface area contributed by atoms with Crippen LogP contribution in [0.25, 0.3) is 0 Å². The van der Waals surface area contributed by atoms with Crippen molar-refractivity contribution in [2.24, 2.45) is 0 Å². The molecule has 0 bridgehead atoms. The van der Waals surface area contributed by atoms with Crippen molar-refractivity contribution in [2.75, 3.05) is 18.5 Å². The Morgan fingerprint density at radius 1 is 0.833 bits per heavy atom. The molecule has 10 heteroatoms. The van der Waals surface area contributed by atoms with E-state index in [2.05, 4.69) is 10.6 Å². The number of aliphatic hydroxyl groups is 1. The number of fused-ring (bicyclic) bond motifs is 2. The van der Waals surface area contributed by atoms with Gasteiger partial charge in [-0.15, -0.1) is 0 Å². The van der Waals surface area contributed by atoms with Gasteiger partial charge in [0.1, 0.15) is 29.3 Å². The Labute approximate surface area is 258 Å². The van der Waals surface area contributed by atoms with Crippen molar-refractivity contribution in [3.05, 3.63) is 117 Å². The molecule has 42 heavy (non-hydrogen) atoms. The van der Waals surface area contributed by atoms with Crippen LogP contribution in [-0.2, 0) is 15.0 Å². The third-order valence-corrected chi connectivity index (χ3v) is 7.81. The zero-order valence-corrected chi connectivity index (χ0v) is 24.5. The van der Waals surface area contributed by atoms with Gasteiger partial charge in [0.25, 0.3) is 0 Å². The van der Waals surface area contributed by atoms with Crippen molar-refractivity contribution in [1.29, 1.82) is 0 Å². The predicted molar refractivity (Wildman–Crippen MR) is 164 cm³/mol. The third-order valence-electron chi connectivity index (χ3n) is 7.09. The van der Waals surface area contributed by atoms with Crippen molar-refractivity contribution in [2.45, 2.75) is 24.3 Å². The minimum Gasteiger partial charge on any atom is -0.491 e. The average Bonchev–Trinajstić information content (AvgIpc) is 3.25. The molecule has 2 amide bonds. The van der Waals surface area contributed by atoms with Crippen LogP contribution in [0.3, 0.4) is 0 Å². The molecule has 6 rings (SSSR count). The number of aliphatic hydroxyl groups excluding tert-OH is 1. The lowest BCUT2D eigenvalue weighted by Gasteiger charge is -2.40. The van der Waals surface area contributed by atoms with Gasteiger partial charge in [0, 0.05) is 32.7 Å². The fraction of sp³-hybridized carbons (Fsp3) is 0.188. The summed E-state index contributed by atoms with van der Waals surface area (Å²) in [5.41, 5.74) is 0.947. The largest absolute Gasteiger partial charge is 0.491 e. The number of amides is 2. The normalized spacial score (nSPS) is 18.8. The van der Waals surface area contributed by atoms with Crippen LogP contribution >= 0.6 is 34.8 Å². The number of rotatable bonds is 6. The third kappa shape index (κ3) is 6.35. The number of benzene rings is 4. The lowest BCUT2D eigenvalue weighted by molar-refractivity contribution is -0.130. The van der Waals surface area contributed by atoms with E-state index in [1.807, 2.05) is 36.4 Å². The molecule has 0 aliphatic carbocycles. The number of anilines is 1.